The monoisotopic (exact) mass is 1060 g/mol. The van der Waals surface area contributed by atoms with E-state index in [-0.39, 0.29) is 18.5 Å². The molecule has 0 bridgehead atoms. The summed E-state index contributed by atoms with van der Waals surface area (Å²) in [7, 11) is 0. The Hall–Kier alpha value is -1.14. The fourth-order valence-electron chi connectivity index (χ4n) is 11.4. The van der Waals surface area contributed by atoms with Crippen molar-refractivity contribution in [3.8, 4) is 0 Å². The molecule has 0 radical (unpaired) electrons. The van der Waals surface area contributed by atoms with Gasteiger partial charge in [-0.2, -0.15) is 0 Å². The molecule has 448 valence electrons. The molecule has 0 aliphatic carbocycles. The van der Waals surface area contributed by atoms with Gasteiger partial charge in [-0.05, 0) is 25.7 Å². The molecule has 0 aliphatic heterocycles. The van der Waals surface area contributed by atoms with Crippen molar-refractivity contribution < 1.29 is 24.5 Å². The summed E-state index contributed by atoms with van der Waals surface area (Å²) in [6.07, 6.45) is 78.5. The average Bonchev–Trinajstić information content (AvgIpc) is 3.41. The summed E-state index contributed by atoms with van der Waals surface area (Å²) in [5.74, 6) is -0.0101. The zero-order chi connectivity index (χ0) is 54.3. The average molecular weight is 1060 g/mol. The van der Waals surface area contributed by atoms with Crippen molar-refractivity contribution in [3.63, 3.8) is 0 Å². The first-order valence-electron chi connectivity index (χ1n) is 34.8. The fraction of sp³-hybridized carbons (Fsp3) is 0.971. The van der Waals surface area contributed by atoms with E-state index in [9.17, 15) is 19.8 Å². The first kappa shape index (κ1) is 73.9. The summed E-state index contributed by atoms with van der Waals surface area (Å²) < 4.78 is 5.50. The minimum Gasteiger partial charge on any atom is -0.466 e. The van der Waals surface area contributed by atoms with Gasteiger partial charge in [-0.15, -0.1) is 0 Å². The van der Waals surface area contributed by atoms with Crippen molar-refractivity contribution in [2.45, 2.75) is 418 Å². The van der Waals surface area contributed by atoms with Crippen LogP contribution in [0.15, 0.2) is 0 Å². The summed E-state index contributed by atoms with van der Waals surface area (Å²) in [6, 6.07) is -0.540. The standard InChI is InChI=1S/C69H137NO5/c1-3-5-7-9-11-13-15-17-19-21-27-30-33-37-41-45-49-53-57-61-67(72)66(65-71)70-68(73)62-58-54-50-46-42-38-34-31-28-25-23-22-24-26-29-32-36-40-44-48-52-56-60-64-75-69(74)63-59-55-51-47-43-39-35-20-18-16-14-12-10-8-6-4-2/h66-67,71-72H,3-65H2,1-2H3,(H,70,73). The first-order valence-corrected chi connectivity index (χ1v) is 34.8. The Morgan fingerprint density at radius 3 is 0.813 bits per heavy atom. The SMILES string of the molecule is CCCCCCCCCCCCCCCCCCCCCC(O)C(CO)NC(=O)CCCCCCCCCCCCCCCCCCCCCCCCCOC(=O)CCCCCCCCCCCCCCCCCC. The lowest BCUT2D eigenvalue weighted by Gasteiger charge is -2.22. The Kier molecular flexibility index (Phi) is 64.4. The Morgan fingerprint density at radius 1 is 0.320 bits per heavy atom. The smallest absolute Gasteiger partial charge is 0.305 e. The van der Waals surface area contributed by atoms with E-state index in [2.05, 4.69) is 19.2 Å². The number of esters is 1. The molecule has 75 heavy (non-hydrogen) atoms. The van der Waals surface area contributed by atoms with Crippen molar-refractivity contribution in [2.75, 3.05) is 13.2 Å². The first-order chi connectivity index (χ1) is 37.0. The van der Waals surface area contributed by atoms with Crippen molar-refractivity contribution in [1.29, 1.82) is 0 Å². The van der Waals surface area contributed by atoms with E-state index in [1.807, 2.05) is 0 Å². The third-order valence-electron chi connectivity index (χ3n) is 16.7. The van der Waals surface area contributed by atoms with Crippen molar-refractivity contribution in [1.82, 2.24) is 5.32 Å². The number of aliphatic hydroxyl groups is 2. The van der Waals surface area contributed by atoms with Crippen LogP contribution in [0.5, 0.6) is 0 Å². The molecule has 0 aromatic rings. The molecule has 0 aromatic carbocycles. The highest BCUT2D eigenvalue weighted by atomic mass is 16.5. The van der Waals surface area contributed by atoms with E-state index in [0.717, 1.165) is 38.5 Å². The van der Waals surface area contributed by atoms with Gasteiger partial charge in [0.25, 0.3) is 0 Å². The van der Waals surface area contributed by atoms with Crippen LogP contribution in [0.3, 0.4) is 0 Å². The third kappa shape index (κ3) is 61.9. The van der Waals surface area contributed by atoms with Crippen LogP contribution in [0.4, 0.5) is 0 Å². The van der Waals surface area contributed by atoms with Crippen LogP contribution in [0, 0.1) is 0 Å². The van der Waals surface area contributed by atoms with Gasteiger partial charge in [0.05, 0.1) is 25.4 Å². The summed E-state index contributed by atoms with van der Waals surface area (Å²) in [4.78, 5) is 24.6. The molecule has 0 rings (SSSR count). The highest BCUT2D eigenvalue weighted by Gasteiger charge is 2.20. The summed E-state index contributed by atoms with van der Waals surface area (Å²) in [5, 5.41) is 23.4. The molecular weight excluding hydrogens is 923 g/mol. The molecule has 0 aliphatic rings. The maximum atomic E-state index is 12.5. The topological polar surface area (TPSA) is 95.9 Å². The fourth-order valence-corrected chi connectivity index (χ4v) is 11.4. The van der Waals surface area contributed by atoms with Crippen LogP contribution >= 0.6 is 0 Å². The Morgan fingerprint density at radius 2 is 0.547 bits per heavy atom. The van der Waals surface area contributed by atoms with Gasteiger partial charge in [-0.25, -0.2) is 0 Å². The molecule has 0 saturated carbocycles. The lowest BCUT2D eigenvalue weighted by molar-refractivity contribution is -0.143. The summed E-state index contributed by atoms with van der Waals surface area (Å²) >= 11 is 0. The van der Waals surface area contributed by atoms with Gasteiger partial charge in [-0.3, -0.25) is 9.59 Å². The van der Waals surface area contributed by atoms with Crippen molar-refractivity contribution in [2.24, 2.45) is 0 Å². The van der Waals surface area contributed by atoms with Gasteiger partial charge in [0.1, 0.15) is 0 Å². The number of carbonyl (C=O) groups excluding carboxylic acids is 2. The minimum absolute atomic E-state index is 0.0193. The van der Waals surface area contributed by atoms with Gasteiger partial charge in [0.15, 0.2) is 0 Å². The minimum atomic E-state index is -0.663. The van der Waals surface area contributed by atoms with Crippen LogP contribution in [0.2, 0.25) is 0 Å². The molecule has 0 saturated heterocycles. The molecule has 0 fully saturated rings. The third-order valence-corrected chi connectivity index (χ3v) is 16.7. The molecular formula is C69H137NO5. The lowest BCUT2D eigenvalue weighted by Crippen LogP contribution is -2.45. The highest BCUT2D eigenvalue weighted by Crippen LogP contribution is 2.19. The molecule has 6 heteroatoms. The van der Waals surface area contributed by atoms with Gasteiger partial charge >= 0.3 is 5.97 Å². The molecule has 1 amide bonds. The van der Waals surface area contributed by atoms with Gasteiger partial charge < -0.3 is 20.3 Å². The van der Waals surface area contributed by atoms with E-state index >= 15 is 0 Å². The molecule has 0 aromatic heterocycles. The lowest BCUT2D eigenvalue weighted by atomic mass is 10.0. The van der Waals surface area contributed by atoms with Crippen LogP contribution in [0.1, 0.15) is 406 Å². The van der Waals surface area contributed by atoms with Crippen LogP contribution in [-0.2, 0) is 14.3 Å². The van der Waals surface area contributed by atoms with E-state index in [1.54, 1.807) is 0 Å². The van der Waals surface area contributed by atoms with Gasteiger partial charge in [0.2, 0.25) is 5.91 Å². The number of nitrogens with one attached hydrogen (secondary N) is 1. The second-order valence-corrected chi connectivity index (χ2v) is 24.2. The molecule has 2 atom stereocenters. The summed E-state index contributed by atoms with van der Waals surface area (Å²) in [6.45, 7) is 5.00. The largest absolute Gasteiger partial charge is 0.466 e. The zero-order valence-corrected chi connectivity index (χ0v) is 51.3. The van der Waals surface area contributed by atoms with Crippen molar-refractivity contribution in [3.05, 3.63) is 0 Å². The molecule has 3 N–H and O–H groups in total. The second kappa shape index (κ2) is 65.4. The molecule has 2 unspecified atom stereocenters. The number of aliphatic hydroxyl groups excluding tert-OH is 2. The van der Waals surface area contributed by atoms with E-state index in [0.29, 0.717) is 25.9 Å². The second-order valence-electron chi connectivity index (χ2n) is 24.2. The van der Waals surface area contributed by atoms with E-state index < -0.39 is 12.1 Å². The molecule has 0 heterocycles. The predicted octanol–water partition coefficient (Wildman–Crippen LogP) is 22.2. The van der Waals surface area contributed by atoms with Crippen LogP contribution < -0.4 is 5.32 Å². The Labute approximate surface area is 470 Å². The van der Waals surface area contributed by atoms with Crippen LogP contribution in [-0.4, -0.2) is 47.4 Å². The van der Waals surface area contributed by atoms with E-state index in [4.69, 9.17) is 4.74 Å². The Bertz CT molecular complexity index is 1080. The highest BCUT2D eigenvalue weighted by molar-refractivity contribution is 5.76. The quantitative estimate of drug-likeness (QED) is 0.0417. The number of ether oxygens (including phenoxy) is 1. The maximum Gasteiger partial charge on any atom is 0.305 e. The number of hydrogen-bond donors (Lipinski definition) is 3. The number of amides is 1. The molecule has 0 spiro atoms. The van der Waals surface area contributed by atoms with E-state index in [1.165, 1.54) is 334 Å². The van der Waals surface area contributed by atoms with Crippen molar-refractivity contribution >= 4 is 11.9 Å². The number of rotatable bonds is 66. The number of hydrogen-bond acceptors (Lipinski definition) is 5. The molecule has 6 nitrogen and oxygen atoms in total. The van der Waals surface area contributed by atoms with Crippen LogP contribution in [0.25, 0.3) is 0 Å². The van der Waals surface area contributed by atoms with Gasteiger partial charge in [-0.1, -0.05) is 367 Å². The Balaban J connectivity index is 3.35. The normalized spacial score (nSPS) is 12.4. The number of carbonyl (C=O) groups is 2. The predicted molar refractivity (Wildman–Crippen MR) is 329 cm³/mol. The number of unbranched alkanes of at least 4 members (excludes halogenated alkanes) is 55. The maximum absolute atomic E-state index is 12.5. The zero-order valence-electron chi connectivity index (χ0n) is 51.3. The van der Waals surface area contributed by atoms with Gasteiger partial charge in [0, 0.05) is 12.8 Å². The summed E-state index contributed by atoms with van der Waals surface area (Å²) in [5.41, 5.74) is 0.